The van der Waals surface area contributed by atoms with Gasteiger partial charge in [-0.2, -0.15) is 16.7 Å². The van der Waals surface area contributed by atoms with Crippen LogP contribution >= 0.6 is 11.8 Å². The van der Waals surface area contributed by atoms with E-state index in [1.807, 2.05) is 11.8 Å². The SMILES string of the molecule is CC(C)NCCc1nc(CSC2CCCCC2)no1. The summed E-state index contributed by atoms with van der Waals surface area (Å²) in [5.74, 6) is 2.51. The molecule has 0 aliphatic heterocycles. The van der Waals surface area contributed by atoms with Gasteiger partial charge in [0.1, 0.15) is 0 Å². The zero-order valence-corrected chi connectivity index (χ0v) is 12.8. The lowest BCUT2D eigenvalue weighted by Crippen LogP contribution is -2.25. The predicted octanol–water partition coefficient (Wildman–Crippen LogP) is 3.18. The van der Waals surface area contributed by atoms with E-state index in [1.54, 1.807) is 0 Å². The Kier molecular flexibility index (Phi) is 6.17. The van der Waals surface area contributed by atoms with Gasteiger partial charge < -0.3 is 9.84 Å². The van der Waals surface area contributed by atoms with Crippen molar-refractivity contribution >= 4 is 11.8 Å². The third-order valence-electron chi connectivity index (χ3n) is 3.40. The Morgan fingerprint density at radius 2 is 2.11 bits per heavy atom. The lowest BCUT2D eigenvalue weighted by Gasteiger charge is -2.19. The molecule has 0 saturated heterocycles. The molecule has 1 N–H and O–H groups in total. The van der Waals surface area contributed by atoms with Crippen LogP contribution in [-0.2, 0) is 12.2 Å². The van der Waals surface area contributed by atoms with Crippen LogP contribution in [0.4, 0.5) is 0 Å². The van der Waals surface area contributed by atoms with Gasteiger partial charge in [0, 0.05) is 24.3 Å². The number of thioether (sulfide) groups is 1. The maximum absolute atomic E-state index is 5.27. The molecule has 1 aromatic rings. The minimum atomic E-state index is 0.504. The first-order valence-electron chi connectivity index (χ1n) is 7.40. The van der Waals surface area contributed by atoms with E-state index in [2.05, 4.69) is 29.3 Å². The average molecular weight is 283 g/mol. The van der Waals surface area contributed by atoms with Crippen LogP contribution in [0.2, 0.25) is 0 Å². The molecule has 0 amide bonds. The fourth-order valence-electron chi connectivity index (χ4n) is 2.34. The molecule has 1 saturated carbocycles. The fourth-order valence-corrected chi connectivity index (χ4v) is 3.51. The van der Waals surface area contributed by atoms with Crippen molar-refractivity contribution in [2.24, 2.45) is 0 Å². The zero-order chi connectivity index (χ0) is 13.5. The highest BCUT2D eigenvalue weighted by Crippen LogP contribution is 2.29. The molecule has 108 valence electrons. The molecule has 5 heteroatoms. The van der Waals surface area contributed by atoms with Gasteiger partial charge in [0.15, 0.2) is 5.82 Å². The van der Waals surface area contributed by atoms with Crippen LogP contribution < -0.4 is 5.32 Å². The molecule has 1 heterocycles. The summed E-state index contributed by atoms with van der Waals surface area (Å²) in [5, 5.41) is 8.22. The molecule has 0 spiro atoms. The van der Waals surface area contributed by atoms with Gasteiger partial charge in [-0.15, -0.1) is 0 Å². The van der Waals surface area contributed by atoms with E-state index < -0.39 is 0 Å². The Balaban J connectivity index is 1.68. The van der Waals surface area contributed by atoms with E-state index >= 15 is 0 Å². The number of rotatable bonds is 7. The van der Waals surface area contributed by atoms with Crippen LogP contribution in [0.3, 0.4) is 0 Å². The van der Waals surface area contributed by atoms with E-state index in [-0.39, 0.29) is 0 Å². The highest BCUT2D eigenvalue weighted by Gasteiger charge is 2.15. The maximum Gasteiger partial charge on any atom is 0.227 e. The number of hydrogen-bond donors (Lipinski definition) is 1. The Bertz CT molecular complexity index is 361. The van der Waals surface area contributed by atoms with Crippen molar-refractivity contribution in [3.63, 3.8) is 0 Å². The molecule has 0 radical (unpaired) electrons. The number of nitrogens with zero attached hydrogens (tertiary/aromatic N) is 2. The Labute approximate surface area is 120 Å². The summed E-state index contributed by atoms with van der Waals surface area (Å²) in [5.41, 5.74) is 0. The first-order chi connectivity index (χ1) is 9.24. The van der Waals surface area contributed by atoms with Crippen molar-refractivity contribution < 1.29 is 4.52 Å². The number of nitrogens with one attached hydrogen (secondary N) is 1. The van der Waals surface area contributed by atoms with Gasteiger partial charge in [-0.05, 0) is 12.8 Å². The minimum absolute atomic E-state index is 0.504. The summed E-state index contributed by atoms with van der Waals surface area (Å²) in [6, 6.07) is 0.504. The van der Waals surface area contributed by atoms with E-state index in [1.165, 1.54) is 32.1 Å². The molecule has 0 unspecified atom stereocenters. The molecule has 2 rings (SSSR count). The van der Waals surface area contributed by atoms with Crippen LogP contribution in [0, 0.1) is 0 Å². The lowest BCUT2D eigenvalue weighted by atomic mass is 10.0. The molecule has 0 bridgehead atoms. The summed E-state index contributed by atoms with van der Waals surface area (Å²) in [4.78, 5) is 4.45. The van der Waals surface area contributed by atoms with Gasteiger partial charge in [-0.25, -0.2) is 0 Å². The van der Waals surface area contributed by atoms with Crippen LogP contribution in [-0.4, -0.2) is 28.0 Å². The Morgan fingerprint density at radius 1 is 1.32 bits per heavy atom. The van der Waals surface area contributed by atoms with Crippen LogP contribution in [0.5, 0.6) is 0 Å². The molecule has 1 aliphatic carbocycles. The van der Waals surface area contributed by atoms with Crippen LogP contribution in [0.15, 0.2) is 4.52 Å². The third-order valence-corrected chi connectivity index (χ3v) is 4.77. The van der Waals surface area contributed by atoms with Gasteiger partial charge in [0.25, 0.3) is 0 Å². The van der Waals surface area contributed by atoms with E-state index in [4.69, 9.17) is 4.52 Å². The second-order valence-corrected chi connectivity index (χ2v) is 6.82. The summed E-state index contributed by atoms with van der Waals surface area (Å²) < 4.78 is 5.27. The topological polar surface area (TPSA) is 51.0 Å². The Morgan fingerprint density at radius 3 is 2.84 bits per heavy atom. The standard InChI is InChI=1S/C14H25N3OS/c1-11(2)15-9-8-14-16-13(17-18-14)10-19-12-6-4-3-5-7-12/h11-12,15H,3-10H2,1-2H3. The zero-order valence-electron chi connectivity index (χ0n) is 12.0. The molecule has 0 atom stereocenters. The third kappa shape index (κ3) is 5.53. The lowest BCUT2D eigenvalue weighted by molar-refractivity contribution is 0.370. The highest BCUT2D eigenvalue weighted by atomic mass is 32.2. The van der Waals surface area contributed by atoms with Crippen molar-refractivity contribution in [3.05, 3.63) is 11.7 Å². The van der Waals surface area contributed by atoms with Crippen molar-refractivity contribution in [1.29, 1.82) is 0 Å². The van der Waals surface area contributed by atoms with Gasteiger partial charge in [-0.1, -0.05) is 38.3 Å². The van der Waals surface area contributed by atoms with E-state index in [0.717, 1.165) is 35.7 Å². The first-order valence-corrected chi connectivity index (χ1v) is 8.45. The summed E-state index contributed by atoms with van der Waals surface area (Å²) in [6.45, 7) is 5.18. The van der Waals surface area contributed by atoms with E-state index in [9.17, 15) is 0 Å². The molecule has 1 fully saturated rings. The van der Waals surface area contributed by atoms with Gasteiger partial charge in [0.2, 0.25) is 5.89 Å². The highest BCUT2D eigenvalue weighted by molar-refractivity contribution is 7.99. The van der Waals surface area contributed by atoms with Gasteiger partial charge >= 0.3 is 0 Å². The Hall–Kier alpha value is -0.550. The molecule has 4 nitrogen and oxygen atoms in total. The second kappa shape index (κ2) is 7.90. The molecule has 0 aromatic carbocycles. The molecular formula is C14H25N3OS. The number of aromatic nitrogens is 2. The predicted molar refractivity (Wildman–Crippen MR) is 79.3 cm³/mol. The molecule has 19 heavy (non-hydrogen) atoms. The smallest absolute Gasteiger partial charge is 0.227 e. The summed E-state index contributed by atoms with van der Waals surface area (Å²) >= 11 is 1.99. The quantitative estimate of drug-likeness (QED) is 0.833. The molecule has 1 aliphatic rings. The van der Waals surface area contributed by atoms with Crippen LogP contribution in [0.25, 0.3) is 0 Å². The fraction of sp³-hybridized carbons (Fsp3) is 0.857. The largest absolute Gasteiger partial charge is 0.339 e. The summed E-state index contributed by atoms with van der Waals surface area (Å²) in [7, 11) is 0. The normalized spacial score (nSPS) is 17.2. The van der Waals surface area contributed by atoms with Crippen molar-refractivity contribution in [2.75, 3.05) is 6.54 Å². The molecular weight excluding hydrogens is 258 g/mol. The minimum Gasteiger partial charge on any atom is -0.339 e. The van der Waals surface area contributed by atoms with Crippen molar-refractivity contribution in [3.8, 4) is 0 Å². The first kappa shape index (κ1) is 14.9. The number of hydrogen-bond acceptors (Lipinski definition) is 5. The van der Waals surface area contributed by atoms with Crippen molar-refractivity contribution in [2.45, 2.75) is 69.4 Å². The van der Waals surface area contributed by atoms with Crippen LogP contribution in [0.1, 0.15) is 57.7 Å². The second-order valence-electron chi connectivity index (χ2n) is 5.53. The van der Waals surface area contributed by atoms with Gasteiger partial charge in [0.05, 0.1) is 5.75 Å². The summed E-state index contributed by atoms with van der Waals surface area (Å²) in [6.07, 6.45) is 7.71. The molecule has 1 aromatic heterocycles. The van der Waals surface area contributed by atoms with E-state index in [0.29, 0.717) is 6.04 Å². The van der Waals surface area contributed by atoms with Gasteiger partial charge in [-0.3, -0.25) is 0 Å². The monoisotopic (exact) mass is 283 g/mol. The van der Waals surface area contributed by atoms with Crippen molar-refractivity contribution in [1.82, 2.24) is 15.5 Å². The average Bonchev–Trinajstić information content (AvgIpc) is 2.85. The maximum atomic E-state index is 5.27.